The molecule has 2 heterocycles. The molecule has 14 heavy (non-hydrogen) atoms. The number of hydrogen-bond acceptors (Lipinski definition) is 5. The Balaban J connectivity index is 2.19. The van der Waals surface area contributed by atoms with Gasteiger partial charge in [0.05, 0.1) is 17.8 Å². The molecule has 0 bridgehead atoms. The van der Waals surface area contributed by atoms with Crippen molar-refractivity contribution in [2.45, 2.75) is 6.54 Å². The molecule has 0 spiro atoms. The zero-order valence-corrected chi connectivity index (χ0v) is 7.58. The lowest BCUT2D eigenvalue weighted by Gasteiger charge is -2.02. The van der Waals surface area contributed by atoms with E-state index in [1.165, 1.54) is 6.20 Å². The highest BCUT2D eigenvalue weighted by atomic mass is 16.1. The summed E-state index contributed by atoms with van der Waals surface area (Å²) in [6.07, 6.45) is 1.53. The highest BCUT2D eigenvalue weighted by Crippen LogP contribution is 2.12. The van der Waals surface area contributed by atoms with Crippen LogP contribution in [0.3, 0.4) is 0 Å². The number of carbonyl (C=O) groups excluding carboxylic acids is 1. The molecule has 0 atom stereocenters. The van der Waals surface area contributed by atoms with Crippen molar-refractivity contribution in [3.8, 4) is 0 Å². The van der Waals surface area contributed by atoms with Gasteiger partial charge in [-0.2, -0.15) is 0 Å². The van der Waals surface area contributed by atoms with Gasteiger partial charge >= 0.3 is 0 Å². The minimum absolute atomic E-state index is 0.106. The Bertz CT molecular complexity index is 365. The van der Waals surface area contributed by atoms with Gasteiger partial charge in [-0.25, -0.2) is 9.97 Å². The second-order valence-electron chi connectivity index (χ2n) is 2.95. The lowest BCUT2D eigenvalue weighted by molar-refractivity contribution is 0.0965. The largest absolute Gasteiger partial charge is 0.353 e. The molecular formula is C8H11N5O. The number of fused-ring (bicyclic) bond motifs is 1. The molecule has 0 aliphatic carbocycles. The van der Waals surface area contributed by atoms with Crippen LogP contribution in [0.25, 0.3) is 0 Å². The van der Waals surface area contributed by atoms with Crippen LogP contribution < -0.4 is 16.4 Å². The van der Waals surface area contributed by atoms with Gasteiger partial charge < -0.3 is 16.4 Å². The summed E-state index contributed by atoms with van der Waals surface area (Å²) in [6, 6.07) is 0. The fraction of sp³-hybridized carbons (Fsp3) is 0.375. The number of aromatic nitrogens is 2. The van der Waals surface area contributed by atoms with Crippen molar-refractivity contribution in [1.82, 2.24) is 15.3 Å². The van der Waals surface area contributed by atoms with E-state index >= 15 is 0 Å². The maximum Gasteiger partial charge on any atom is 0.255 e. The van der Waals surface area contributed by atoms with Gasteiger partial charge in [0, 0.05) is 19.3 Å². The van der Waals surface area contributed by atoms with Crippen LogP contribution in [0.2, 0.25) is 0 Å². The average Bonchev–Trinajstić information content (AvgIpc) is 2.57. The summed E-state index contributed by atoms with van der Waals surface area (Å²) in [5, 5.41) is 5.63. The number of carbonyl (C=O) groups is 1. The average molecular weight is 193 g/mol. The van der Waals surface area contributed by atoms with E-state index in [0.29, 0.717) is 31.1 Å². The van der Waals surface area contributed by atoms with Crippen molar-refractivity contribution >= 4 is 11.9 Å². The fourth-order valence-corrected chi connectivity index (χ4v) is 1.27. The number of amides is 1. The summed E-state index contributed by atoms with van der Waals surface area (Å²) in [5.74, 6) is 0.413. The summed E-state index contributed by atoms with van der Waals surface area (Å²) >= 11 is 0. The Labute approximate surface area is 80.9 Å². The van der Waals surface area contributed by atoms with Crippen LogP contribution in [-0.2, 0) is 6.54 Å². The molecule has 0 saturated carbocycles. The predicted molar refractivity (Wildman–Crippen MR) is 50.7 cm³/mol. The lowest BCUT2D eigenvalue weighted by atomic mass is 10.3. The molecule has 6 heteroatoms. The molecule has 0 fully saturated rings. The highest BCUT2D eigenvalue weighted by Gasteiger charge is 2.20. The topological polar surface area (TPSA) is 92.9 Å². The molecule has 6 nitrogen and oxygen atoms in total. The monoisotopic (exact) mass is 193 g/mol. The predicted octanol–water partition coefficient (Wildman–Crippen LogP) is -0.909. The van der Waals surface area contributed by atoms with E-state index in [-0.39, 0.29) is 5.91 Å². The molecule has 4 N–H and O–H groups in total. The Hall–Kier alpha value is -1.69. The van der Waals surface area contributed by atoms with Crippen LogP contribution in [0.4, 0.5) is 5.95 Å². The van der Waals surface area contributed by atoms with Crippen LogP contribution in [-0.4, -0.2) is 29.0 Å². The Morgan fingerprint density at radius 3 is 3.29 bits per heavy atom. The van der Waals surface area contributed by atoms with Gasteiger partial charge in [-0.3, -0.25) is 4.79 Å². The summed E-state index contributed by atoms with van der Waals surface area (Å²) in [6.45, 7) is 1.63. The third-order valence-corrected chi connectivity index (χ3v) is 1.96. The molecule has 74 valence electrons. The third kappa shape index (κ3) is 1.51. The van der Waals surface area contributed by atoms with E-state index in [1.54, 1.807) is 0 Å². The van der Waals surface area contributed by atoms with Gasteiger partial charge in [-0.15, -0.1) is 0 Å². The van der Waals surface area contributed by atoms with Gasteiger partial charge in [-0.1, -0.05) is 0 Å². The fourth-order valence-electron chi connectivity index (χ4n) is 1.27. The first-order valence-electron chi connectivity index (χ1n) is 4.39. The van der Waals surface area contributed by atoms with E-state index in [2.05, 4.69) is 20.6 Å². The van der Waals surface area contributed by atoms with Crippen LogP contribution in [0, 0.1) is 0 Å². The zero-order valence-electron chi connectivity index (χ0n) is 7.58. The number of anilines is 1. The quantitative estimate of drug-likeness (QED) is 0.578. The normalized spacial score (nSPS) is 13.6. The second-order valence-corrected chi connectivity index (χ2v) is 2.95. The van der Waals surface area contributed by atoms with Crippen molar-refractivity contribution < 1.29 is 4.79 Å². The second kappa shape index (κ2) is 3.59. The zero-order chi connectivity index (χ0) is 9.97. The molecule has 0 saturated heterocycles. The van der Waals surface area contributed by atoms with Crippen molar-refractivity contribution in [3.63, 3.8) is 0 Å². The molecule has 1 aromatic heterocycles. The van der Waals surface area contributed by atoms with Gasteiger partial charge in [0.2, 0.25) is 5.95 Å². The first-order valence-corrected chi connectivity index (χ1v) is 4.39. The van der Waals surface area contributed by atoms with Gasteiger partial charge in [0.25, 0.3) is 5.91 Å². The number of rotatable bonds is 3. The molecule has 1 aliphatic heterocycles. The first-order chi connectivity index (χ1) is 6.81. The molecule has 0 unspecified atom stereocenters. The van der Waals surface area contributed by atoms with Crippen LogP contribution in [0.5, 0.6) is 0 Å². The van der Waals surface area contributed by atoms with Crippen LogP contribution >= 0.6 is 0 Å². The number of hydrogen-bond donors (Lipinski definition) is 3. The Morgan fingerprint density at radius 1 is 1.64 bits per heavy atom. The van der Waals surface area contributed by atoms with E-state index in [0.717, 1.165) is 5.69 Å². The van der Waals surface area contributed by atoms with Gasteiger partial charge in [-0.05, 0) is 0 Å². The SMILES string of the molecule is NCCNc1ncc2c(n1)CNC2=O. The maximum atomic E-state index is 11.2. The molecule has 0 radical (unpaired) electrons. The van der Waals surface area contributed by atoms with Crippen LogP contribution in [0.15, 0.2) is 6.20 Å². The van der Waals surface area contributed by atoms with Gasteiger partial charge in [0.15, 0.2) is 0 Å². The minimum Gasteiger partial charge on any atom is -0.353 e. The van der Waals surface area contributed by atoms with Crippen molar-refractivity contribution in [2.24, 2.45) is 5.73 Å². The summed E-state index contributed by atoms with van der Waals surface area (Å²) in [5.41, 5.74) is 6.63. The Kier molecular flexibility index (Phi) is 2.28. The lowest BCUT2D eigenvalue weighted by Crippen LogP contribution is -2.15. The van der Waals surface area contributed by atoms with E-state index < -0.39 is 0 Å². The number of nitrogens with two attached hydrogens (primary N) is 1. The Morgan fingerprint density at radius 2 is 2.50 bits per heavy atom. The molecule has 1 amide bonds. The van der Waals surface area contributed by atoms with Gasteiger partial charge in [0.1, 0.15) is 0 Å². The molecule has 1 aliphatic rings. The molecule has 1 aromatic rings. The highest BCUT2D eigenvalue weighted by molar-refractivity contribution is 5.97. The van der Waals surface area contributed by atoms with E-state index in [1.807, 2.05) is 0 Å². The summed E-state index contributed by atoms with van der Waals surface area (Å²) in [7, 11) is 0. The minimum atomic E-state index is -0.106. The number of nitrogens with one attached hydrogen (secondary N) is 2. The van der Waals surface area contributed by atoms with Crippen LogP contribution in [0.1, 0.15) is 16.1 Å². The van der Waals surface area contributed by atoms with Crippen molar-refractivity contribution in [2.75, 3.05) is 18.4 Å². The first kappa shape index (κ1) is 8.89. The summed E-state index contributed by atoms with van der Waals surface area (Å²) < 4.78 is 0. The smallest absolute Gasteiger partial charge is 0.255 e. The van der Waals surface area contributed by atoms with Crippen molar-refractivity contribution in [1.29, 1.82) is 0 Å². The molecule has 2 rings (SSSR count). The summed E-state index contributed by atoms with van der Waals surface area (Å²) in [4.78, 5) is 19.3. The van der Waals surface area contributed by atoms with Crippen molar-refractivity contribution in [3.05, 3.63) is 17.5 Å². The van der Waals surface area contributed by atoms with E-state index in [9.17, 15) is 4.79 Å². The molecule has 0 aromatic carbocycles. The number of nitrogens with zero attached hydrogens (tertiary/aromatic N) is 2. The van der Waals surface area contributed by atoms with E-state index in [4.69, 9.17) is 5.73 Å². The standard InChI is InChI=1S/C8H11N5O/c9-1-2-10-8-12-3-5-6(13-8)4-11-7(5)14/h3H,1-2,4,9H2,(H,11,14)(H,10,12,13). The molecular weight excluding hydrogens is 182 g/mol. The third-order valence-electron chi connectivity index (χ3n) is 1.96. The maximum absolute atomic E-state index is 11.2.